The highest BCUT2D eigenvalue weighted by molar-refractivity contribution is 5.68. The highest BCUT2D eigenvalue weighted by atomic mass is 16.6. The Bertz CT molecular complexity index is 790. The number of nitro groups is 1. The number of rotatable bonds is 7. The number of benzene rings is 1. The molecule has 0 saturated carbocycles. The molecule has 9 nitrogen and oxygen atoms in total. The minimum atomic E-state index is -0.521. The standard InChI is InChI=1S/C16H17N5O4/c1-11(22)25-10-12-2-4-13(5-3-12)19-16-14(21(23)24)6-7-15(20-16)18-9-8-17/h2-9H,10,17H2,1H3,(H2,18,19,20)/b9-8-. The molecule has 0 aliphatic rings. The van der Waals surface area contributed by atoms with Crippen LogP contribution in [0.25, 0.3) is 0 Å². The van der Waals surface area contributed by atoms with Crippen LogP contribution >= 0.6 is 0 Å². The molecular weight excluding hydrogens is 326 g/mol. The zero-order valence-corrected chi connectivity index (χ0v) is 13.4. The molecule has 25 heavy (non-hydrogen) atoms. The average molecular weight is 343 g/mol. The zero-order valence-electron chi connectivity index (χ0n) is 13.4. The maximum absolute atomic E-state index is 11.2. The Labute approximate surface area is 143 Å². The van der Waals surface area contributed by atoms with E-state index in [1.54, 1.807) is 24.3 Å². The number of ether oxygens (including phenoxy) is 1. The van der Waals surface area contributed by atoms with Gasteiger partial charge in [-0.15, -0.1) is 0 Å². The normalized spacial score (nSPS) is 10.4. The lowest BCUT2D eigenvalue weighted by atomic mass is 10.2. The molecule has 1 aromatic carbocycles. The first kappa shape index (κ1) is 17.7. The fraction of sp³-hybridized carbons (Fsp3) is 0.125. The maximum Gasteiger partial charge on any atom is 0.311 e. The quantitative estimate of drug-likeness (QED) is 0.397. The van der Waals surface area contributed by atoms with Crippen molar-refractivity contribution in [2.24, 2.45) is 5.73 Å². The summed E-state index contributed by atoms with van der Waals surface area (Å²) in [5, 5.41) is 16.9. The molecule has 2 aromatic rings. The van der Waals surface area contributed by atoms with Gasteiger partial charge < -0.3 is 21.1 Å². The van der Waals surface area contributed by atoms with Crippen molar-refractivity contribution in [3.05, 3.63) is 64.5 Å². The Balaban J connectivity index is 2.19. The number of anilines is 3. The van der Waals surface area contributed by atoms with Gasteiger partial charge in [0, 0.05) is 31.1 Å². The van der Waals surface area contributed by atoms with Crippen LogP contribution in [-0.2, 0) is 16.1 Å². The van der Waals surface area contributed by atoms with Crippen LogP contribution in [0.5, 0.6) is 0 Å². The molecular formula is C16H17N5O4. The third-order valence-electron chi connectivity index (χ3n) is 3.06. The Kier molecular flexibility index (Phi) is 5.88. The molecule has 1 aromatic heterocycles. The number of carbonyl (C=O) groups is 1. The fourth-order valence-electron chi connectivity index (χ4n) is 1.91. The van der Waals surface area contributed by atoms with Gasteiger partial charge in [-0.2, -0.15) is 0 Å². The molecule has 0 unspecified atom stereocenters. The van der Waals surface area contributed by atoms with Crippen LogP contribution in [0.2, 0.25) is 0 Å². The maximum atomic E-state index is 11.2. The lowest BCUT2D eigenvalue weighted by molar-refractivity contribution is -0.384. The molecule has 0 fully saturated rings. The largest absolute Gasteiger partial charge is 0.461 e. The number of hydrogen-bond acceptors (Lipinski definition) is 8. The van der Waals surface area contributed by atoms with Gasteiger partial charge in [0.2, 0.25) is 5.82 Å². The number of esters is 1. The van der Waals surface area contributed by atoms with Crippen LogP contribution < -0.4 is 16.4 Å². The van der Waals surface area contributed by atoms with Gasteiger partial charge in [0.1, 0.15) is 12.4 Å². The molecule has 0 bridgehead atoms. The summed E-state index contributed by atoms with van der Waals surface area (Å²) >= 11 is 0. The summed E-state index contributed by atoms with van der Waals surface area (Å²) < 4.78 is 4.90. The Morgan fingerprint density at radius 3 is 2.64 bits per heavy atom. The van der Waals surface area contributed by atoms with E-state index in [2.05, 4.69) is 15.6 Å². The van der Waals surface area contributed by atoms with Crippen LogP contribution in [0.3, 0.4) is 0 Å². The summed E-state index contributed by atoms with van der Waals surface area (Å²) in [6.45, 7) is 1.50. The van der Waals surface area contributed by atoms with Crippen molar-refractivity contribution in [2.75, 3.05) is 10.6 Å². The van der Waals surface area contributed by atoms with E-state index >= 15 is 0 Å². The second-order valence-corrected chi connectivity index (χ2v) is 4.93. The van der Waals surface area contributed by atoms with Crippen molar-refractivity contribution >= 4 is 29.0 Å². The number of nitrogens with two attached hydrogens (primary N) is 1. The number of carbonyl (C=O) groups excluding carboxylic acids is 1. The molecule has 130 valence electrons. The molecule has 4 N–H and O–H groups in total. The van der Waals surface area contributed by atoms with Crippen LogP contribution in [-0.4, -0.2) is 15.9 Å². The third-order valence-corrected chi connectivity index (χ3v) is 3.06. The van der Waals surface area contributed by atoms with Gasteiger partial charge in [-0.1, -0.05) is 12.1 Å². The van der Waals surface area contributed by atoms with Crippen molar-refractivity contribution in [3.63, 3.8) is 0 Å². The SMILES string of the molecule is CC(=O)OCc1ccc(Nc2nc(N/C=C\N)ccc2[N+](=O)[O-])cc1. The Morgan fingerprint density at radius 2 is 2.04 bits per heavy atom. The first-order valence-corrected chi connectivity index (χ1v) is 7.27. The molecule has 1 heterocycles. The van der Waals surface area contributed by atoms with Gasteiger partial charge >= 0.3 is 11.7 Å². The van der Waals surface area contributed by atoms with Gasteiger partial charge in [-0.3, -0.25) is 14.9 Å². The van der Waals surface area contributed by atoms with Crippen LogP contribution in [0, 0.1) is 10.1 Å². The number of nitrogens with zero attached hydrogens (tertiary/aromatic N) is 2. The Hall–Kier alpha value is -3.62. The molecule has 0 saturated heterocycles. The van der Waals surface area contributed by atoms with E-state index in [0.29, 0.717) is 11.5 Å². The Morgan fingerprint density at radius 1 is 1.32 bits per heavy atom. The van der Waals surface area contributed by atoms with Crippen molar-refractivity contribution in [1.29, 1.82) is 0 Å². The molecule has 0 radical (unpaired) electrons. The van der Waals surface area contributed by atoms with Crippen molar-refractivity contribution < 1.29 is 14.5 Å². The smallest absolute Gasteiger partial charge is 0.311 e. The minimum Gasteiger partial charge on any atom is -0.461 e. The number of aromatic nitrogens is 1. The predicted molar refractivity (Wildman–Crippen MR) is 93.0 cm³/mol. The van der Waals surface area contributed by atoms with Crippen molar-refractivity contribution in [2.45, 2.75) is 13.5 Å². The van der Waals surface area contributed by atoms with Crippen molar-refractivity contribution in [1.82, 2.24) is 4.98 Å². The lowest BCUT2D eigenvalue weighted by Crippen LogP contribution is -2.03. The van der Waals surface area contributed by atoms with Crippen molar-refractivity contribution in [3.8, 4) is 0 Å². The van der Waals surface area contributed by atoms with Gasteiger partial charge in [-0.25, -0.2) is 4.98 Å². The molecule has 9 heteroatoms. The number of hydrogen-bond donors (Lipinski definition) is 3. The minimum absolute atomic E-state index is 0.0909. The van der Waals surface area contributed by atoms with Gasteiger partial charge in [0.05, 0.1) is 4.92 Å². The van der Waals surface area contributed by atoms with Gasteiger partial charge in [-0.05, 0) is 23.8 Å². The van der Waals surface area contributed by atoms with E-state index in [4.69, 9.17) is 10.5 Å². The summed E-state index contributed by atoms with van der Waals surface area (Å²) in [4.78, 5) is 25.6. The van der Waals surface area contributed by atoms with Gasteiger partial charge in [0.15, 0.2) is 0 Å². The summed E-state index contributed by atoms with van der Waals surface area (Å²) in [6, 6.07) is 9.74. The first-order valence-electron chi connectivity index (χ1n) is 7.27. The highest BCUT2D eigenvalue weighted by Crippen LogP contribution is 2.27. The van der Waals surface area contributed by atoms with E-state index in [-0.39, 0.29) is 24.1 Å². The van der Waals surface area contributed by atoms with E-state index in [9.17, 15) is 14.9 Å². The topological polar surface area (TPSA) is 132 Å². The average Bonchev–Trinajstić information content (AvgIpc) is 2.59. The summed E-state index contributed by atoms with van der Waals surface area (Å²) in [5.74, 6) is 0.132. The summed E-state index contributed by atoms with van der Waals surface area (Å²) in [6.07, 6.45) is 2.75. The molecule has 0 atom stereocenters. The second-order valence-electron chi connectivity index (χ2n) is 4.93. The van der Waals surface area contributed by atoms with E-state index < -0.39 is 4.92 Å². The monoisotopic (exact) mass is 343 g/mol. The second kappa shape index (κ2) is 8.29. The van der Waals surface area contributed by atoms with Crippen LogP contribution in [0.1, 0.15) is 12.5 Å². The molecule has 2 rings (SSSR count). The first-order chi connectivity index (χ1) is 12.0. The van der Waals surface area contributed by atoms with E-state index in [0.717, 1.165) is 5.56 Å². The number of nitrogens with one attached hydrogen (secondary N) is 2. The lowest BCUT2D eigenvalue weighted by Gasteiger charge is -2.09. The van der Waals surface area contributed by atoms with Gasteiger partial charge in [0.25, 0.3) is 0 Å². The van der Waals surface area contributed by atoms with E-state index in [1.165, 1.54) is 31.5 Å². The number of pyridine rings is 1. The van der Waals surface area contributed by atoms with Crippen LogP contribution in [0.15, 0.2) is 48.8 Å². The molecule has 0 aliphatic carbocycles. The third kappa shape index (κ3) is 5.20. The summed E-state index contributed by atoms with van der Waals surface area (Å²) in [7, 11) is 0. The molecule has 0 spiro atoms. The zero-order chi connectivity index (χ0) is 18.2. The van der Waals surface area contributed by atoms with E-state index in [1.807, 2.05) is 0 Å². The highest BCUT2D eigenvalue weighted by Gasteiger charge is 2.16. The molecule has 0 amide bonds. The predicted octanol–water partition coefficient (Wildman–Crippen LogP) is 2.64. The molecule has 0 aliphatic heterocycles. The van der Waals surface area contributed by atoms with Crippen LogP contribution in [0.4, 0.5) is 23.0 Å². The fourth-order valence-corrected chi connectivity index (χ4v) is 1.91. The summed E-state index contributed by atoms with van der Waals surface area (Å²) in [5.41, 5.74) is 6.49.